The van der Waals surface area contributed by atoms with Gasteiger partial charge in [-0.3, -0.25) is 0 Å². The van der Waals surface area contributed by atoms with E-state index in [1.165, 1.54) is 35.4 Å². The Balaban J connectivity index is 2.14. The van der Waals surface area contributed by atoms with Gasteiger partial charge in [-0.25, -0.2) is 9.78 Å². The molecule has 2 aromatic rings. The van der Waals surface area contributed by atoms with E-state index in [1.807, 2.05) is 6.92 Å². The molecule has 0 saturated carbocycles. The molecule has 0 radical (unpaired) electrons. The quantitative estimate of drug-likeness (QED) is 0.902. The number of carbonyl (C=O) groups is 1. The van der Waals surface area contributed by atoms with Crippen LogP contribution in [0.1, 0.15) is 15.4 Å². The standard InChI is InChI=1S/C9H7N3O2S2/c1-5-11-12-9(15-5)16-7-3-2-6(4-10-7)8(13)14/h2-4H,1H3,(H,13,14). The maximum absolute atomic E-state index is 10.6. The Morgan fingerprint density at radius 1 is 1.44 bits per heavy atom. The van der Waals surface area contributed by atoms with Gasteiger partial charge in [0.15, 0.2) is 4.34 Å². The first kappa shape index (κ1) is 11.0. The molecule has 0 spiro atoms. The van der Waals surface area contributed by atoms with Crippen LogP contribution in [0.5, 0.6) is 0 Å². The number of aryl methyl sites for hydroxylation is 1. The zero-order valence-corrected chi connectivity index (χ0v) is 9.88. The zero-order valence-electron chi connectivity index (χ0n) is 8.25. The van der Waals surface area contributed by atoms with Gasteiger partial charge in [-0.2, -0.15) is 0 Å². The molecule has 0 saturated heterocycles. The molecular weight excluding hydrogens is 246 g/mol. The average molecular weight is 253 g/mol. The van der Waals surface area contributed by atoms with Crippen LogP contribution in [0.4, 0.5) is 0 Å². The predicted molar refractivity (Wildman–Crippen MR) is 60.0 cm³/mol. The highest BCUT2D eigenvalue weighted by molar-refractivity contribution is 8.01. The largest absolute Gasteiger partial charge is 0.478 e. The van der Waals surface area contributed by atoms with Gasteiger partial charge in [-0.15, -0.1) is 10.2 Å². The molecule has 2 heterocycles. The topological polar surface area (TPSA) is 76.0 Å². The lowest BCUT2D eigenvalue weighted by Gasteiger charge is -1.96. The number of aromatic carboxylic acids is 1. The van der Waals surface area contributed by atoms with E-state index in [4.69, 9.17) is 5.11 Å². The van der Waals surface area contributed by atoms with E-state index in [0.29, 0.717) is 5.03 Å². The minimum atomic E-state index is -0.976. The summed E-state index contributed by atoms with van der Waals surface area (Å²) >= 11 is 2.85. The van der Waals surface area contributed by atoms with Crippen LogP contribution in [0.3, 0.4) is 0 Å². The van der Waals surface area contributed by atoms with E-state index in [9.17, 15) is 4.79 Å². The minimum Gasteiger partial charge on any atom is -0.478 e. The second kappa shape index (κ2) is 4.58. The van der Waals surface area contributed by atoms with Gasteiger partial charge in [0.05, 0.1) is 5.56 Å². The van der Waals surface area contributed by atoms with Gasteiger partial charge in [-0.1, -0.05) is 11.3 Å². The Morgan fingerprint density at radius 3 is 2.75 bits per heavy atom. The van der Waals surface area contributed by atoms with Crippen LogP contribution in [0.25, 0.3) is 0 Å². The van der Waals surface area contributed by atoms with Crippen molar-refractivity contribution in [3.63, 3.8) is 0 Å². The lowest BCUT2D eigenvalue weighted by atomic mass is 10.3. The summed E-state index contributed by atoms with van der Waals surface area (Å²) in [5.41, 5.74) is 0.179. The van der Waals surface area contributed by atoms with Crippen LogP contribution < -0.4 is 0 Å². The van der Waals surface area contributed by atoms with Crippen LogP contribution >= 0.6 is 23.1 Å². The smallest absolute Gasteiger partial charge is 0.337 e. The summed E-state index contributed by atoms with van der Waals surface area (Å²) in [5, 5.41) is 18.1. The SMILES string of the molecule is Cc1nnc(Sc2ccc(C(=O)O)cn2)s1. The zero-order chi connectivity index (χ0) is 11.5. The molecule has 0 unspecified atom stereocenters. The van der Waals surface area contributed by atoms with Crippen molar-refractivity contribution < 1.29 is 9.90 Å². The first-order chi connectivity index (χ1) is 7.65. The van der Waals surface area contributed by atoms with Crippen LogP contribution in [0, 0.1) is 6.92 Å². The van der Waals surface area contributed by atoms with Crippen molar-refractivity contribution in [1.82, 2.24) is 15.2 Å². The highest BCUT2D eigenvalue weighted by atomic mass is 32.2. The van der Waals surface area contributed by atoms with Crippen LogP contribution in [0.2, 0.25) is 0 Å². The van der Waals surface area contributed by atoms with Gasteiger partial charge in [0, 0.05) is 6.20 Å². The molecule has 7 heteroatoms. The van der Waals surface area contributed by atoms with Gasteiger partial charge >= 0.3 is 5.97 Å². The first-order valence-corrected chi connectivity index (χ1v) is 5.96. The summed E-state index contributed by atoms with van der Waals surface area (Å²) in [4.78, 5) is 14.6. The number of carboxylic acids is 1. The highest BCUT2D eigenvalue weighted by Crippen LogP contribution is 2.28. The summed E-state index contributed by atoms with van der Waals surface area (Å²) < 4.78 is 0.799. The third kappa shape index (κ3) is 2.56. The van der Waals surface area contributed by atoms with E-state index in [2.05, 4.69) is 15.2 Å². The summed E-state index contributed by atoms with van der Waals surface area (Å²) in [5.74, 6) is -0.976. The molecule has 2 rings (SSSR count). The predicted octanol–water partition coefficient (Wildman–Crippen LogP) is 2.09. The molecule has 16 heavy (non-hydrogen) atoms. The molecule has 0 aliphatic rings. The van der Waals surface area contributed by atoms with Gasteiger partial charge in [-0.05, 0) is 30.8 Å². The van der Waals surface area contributed by atoms with E-state index < -0.39 is 5.97 Å². The van der Waals surface area contributed by atoms with Gasteiger partial charge in [0.2, 0.25) is 0 Å². The molecule has 0 aliphatic carbocycles. The van der Waals surface area contributed by atoms with Crippen molar-refractivity contribution in [3.05, 3.63) is 28.9 Å². The minimum absolute atomic E-state index is 0.179. The Labute approximate surface area is 99.6 Å². The molecular formula is C9H7N3O2S2. The van der Waals surface area contributed by atoms with E-state index in [-0.39, 0.29) is 5.56 Å². The maximum atomic E-state index is 10.6. The Kier molecular flexibility index (Phi) is 3.16. The highest BCUT2D eigenvalue weighted by Gasteiger charge is 2.06. The monoisotopic (exact) mass is 253 g/mol. The third-order valence-electron chi connectivity index (χ3n) is 1.68. The fourth-order valence-electron chi connectivity index (χ4n) is 0.976. The molecule has 2 aromatic heterocycles. The van der Waals surface area contributed by atoms with Crippen LogP contribution in [0.15, 0.2) is 27.7 Å². The van der Waals surface area contributed by atoms with Crippen molar-refractivity contribution in [1.29, 1.82) is 0 Å². The van der Waals surface area contributed by atoms with Gasteiger partial charge in [0.1, 0.15) is 10.0 Å². The molecule has 0 atom stereocenters. The van der Waals surface area contributed by atoms with Crippen LogP contribution in [-0.2, 0) is 0 Å². The van der Waals surface area contributed by atoms with Gasteiger partial charge in [0.25, 0.3) is 0 Å². The van der Waals surface area contributed by atoms with Crippen molar-refractivity contribution >= 4 is 29.1 Å². The number of pyridine rings is 1. The Bertz CT molecular complexity index is 510. The maximum Gasteiger partial charge on any atom is 0.337 e. The normalized spacial score (nSPS) is 10.3. The number of nitrogens with zero attached hydrogens (tertiary/aromatic N) is 3. The van der Waals surface area contributed by atoms with Gasteiger partial charge < -0.3 is 5.11 Å². The molecule has 0 aliphatic heterocycles. The number of aromatic nitrogens is 3. The number of rotatable bonds is 3. The van der Waals surface area contributed by atoms with Crippen LogP contribution in [-0.4, -0.2) is 26.3 Å². The summed E-state index contributed by atoms with van der Waals surface area (Å²) in [6.07, 6.45) is 1.33. The molecule has 0 aromatic carbocycles. The Hall–Kier alpha value is -1.47. The van der Waals surface area contributed by atoms with Crippen molar-refractivity contribution in [2.45, 2.75) is 16.3 Å². The molecule has 0 bridgehead atoms. The molecule has 1 N–H and O–H groups in total. The lowest BCUT2D eigenvalue weighted by Crippen LogP contribution is -1.96. The summed E-state index contributed by atoms with van der Waals surface area (Å²) in [6, 6.07) is 3.18. The second-order valence-electron chi connectivity index (χ2n) is 2.88. The molecule has 0 fully saturated rings. The third-order valence-corrected chi connectivity index (χ3v) is 3.52. The lowest BCUT2D eigenvalue weighted by molar-refractivity contribution is 0.0696. The van der Waals surface area contributed by atoms with Crippen molar-refractivity contribution in [2.24, 2.45) is 0 Å². The van der Waals surface area contributed by atoms with E-state index >= 15 is 0 Å². The number of hydrogen-bond donors (Lipinski definition) is 1. The Morgan fingerprint density at radius 2 is 2.25 bits per heavy atom. The van der Waals surface area contributed by atoms with Crippen molar-refractivity contribution in [2.75, 3.05) is 0 Å². The number of hydrogen-bond acceptors (Lipinski definition) is 6. The van der Waals surface area contributed by atoms with E-state index in [0.717, 1.165) is 9.35 Å². The fraction of sp³-hybridized carbons (Fsp3) is 0.111. The molecule has 82 valence electrons. The summed E-state index contributed by atoms with van der Waals surface area (Å²) in [6.45, 7) is 1.88. The number of carboxylic acid groups (broad SMARTS) is 1. The van der Waals surface area contributed by atoms with Crippen molar-refractivity contribution in [3.8, 4) is 0 Å². The average Bonchev–Trinajstić information content (AvgIpc) is 2.65. The molecule has 0 amide bonds. The second-order valence-corrected chi connectivity index (χ2v) is 5.33. The summed E-state index contributed by atoms with van der Waals surface area (Å²) in [7, 11) is 0. The first-order valence-electron chi connectivity index (χ1n) is 4.32. The molecule has 5 nitrogen and oxygen atoms in total. The fourth-order valence-corrected chi connectivity index (χ4v) is 2.68. The van der Waals surface area contributed by atoms with E-state index in [1.54, 1.807) is 6.07 Å².